The van der Waals surface area contributed by atoms with Crippen LogP contribution < -0.4 is 10.1 Å². The summed E-state index contributed by atoms with van der Waals surface area (Å²) in [6.07, 6.45) is 5.51. The maximum absolute atomic E-state index is 6.17. The zero-order valence-electron chi connectivity index (χ0n) is 12.1. The second-order valence-corrected chi connectivity index (χ2v) is 6.47. The minimum atomic E-state index is 0.344. The Bertz CT molecular complexity index is 421. The molecule has 1 aliphatic carbocycles. The van der Waals surface area contributed by atoms with Crippen molar-refractivity contribution in [1.82, 2.24) is 5.32 Å². The molecule has 1 aliphatic rings. The number of benzene rings is 1. The van der Waals surface area contributed by atoms with Gasteiger partial charge in [0.2, 0.25) is 0 Å². The molecule has 0 aliphatic heterocycles. The third kappa shape index (κ3) is 3.73. The fourth-order valence-corrected chi connectivity index (χ4v) is 3.42. The highest BCUT2D eigenvalue weighted by Gasteiger charge is 2.23. The van der Waals surface area contributed by atoms with Crippen molar-refractivity contribution in [3.05, 3.63) is 28.2 Å². The summed E-state index contributed by atoms with van der Waals surface area (Å²) in [5.74, 6) is 1.65. The van der Waals surface area contributed by atoms with Crippen LogP contribution in [0.5, 0.6) is 5.75 Å². The first-order valence-corrected chi connectivity index (χ1v) is 8.04. The number of ether oxygens (including phenoxy) is 1. The van der Waals surface area contributed by atoms with Crippen LogP contribution in [0.1, 0.15) is 51.1 Å². The van der Waals surface area contributed by atoms with Gasteiger partial charge in [-0.2, -0.15) is 0 Å². The summed E-state index contributed by atoms with van der Waals surface area (Å²) < 4.78 is 7.29. The molecule has 106 valence electrons. The van der Waals surface area contributed by atoms with Crippen molar-refractivity contribution in [1.29, 1.82) is 0 Å². The number of rotatable bonds is 4. The molecule has 2 nitrogen and oxygen atoms in total. The number of nitrogens with one attached hydrogen (secondary N) is 1. The fraction of sp³-hybridized carbons (Fsp3) is 0.625. The van der Waals surface area contributed by atoms with Crippen molar-refractivity contribution in [2.75, 3.05) is 7.05 Å². The highest BCUT2D eigenvalue weighted by atomic mass is 79.9. The molecule has 0 aromatic heterocycles. The van der Waals surface area contributed by atoms with Gasteiger partial charge in [0.15, 0.2) is 0 Å². The highest BCUT2D eigenvalue weighted by Crippen LogP contribution is 2.31. The molecule has 19 heavy (non-hydrogen) atoms. The molecular weight excluding hydrogens is 302 g/mol. The average molecular weight is 326 g/mol. The number of halogens is 1. The lowest BCUT2D eigenvalue weighted by atomic mass is 9.88. The second-order valence-electron chi connectivity index (χ2n) is 5.61. The number of hydrogen-bond donors (Lipinski definition) is 1. The van der Waals surface area contributed by atoms with E-state index in [0.29, 0.717) is 18.1 Å². The van der Waals surface area contributed by atoms with Crippen molar-refractivity contribution in [2.24, 2.45) is 5.92 Å². The predicted molar refractivity (Wildman–Crippen MR) is 83.7 cm³/mol. The zero-order valence-corrected chi connectivity index (χ0v) is 13.7. The third-order valence-corrected chi connectivity index (χ3v) is 4.88. The van der Waals surface area contributed by atoms with Gasteiger partial charge in [0.25, 0.3) is 0 Å². The summed E-state index contributed by atoms with van der Waals surface area (Å²) in [6, 6.07) is 6.69. The van der Waals surface area contributed by atoms with Crippen LogP contribution in [0.2, 0.25) is 0 Å². The van der Waals surface area contributed by atoms with Crippen LogP contribution >= 0.6 is 15.9 Å². The summed E-state index contributed by atoms with van der Waals surface area (Å²) in [4.78, 5) is 0. The van der Waals surface area contributed by atoms with E-state index in [-0.39, 0.29) is 0 Å². The molecule has 2 rings (SSSR count). The monoisotopic (exact) mass is 325 g/mol. The summed E-state index contributed by atoms with van der Waals surface area (Å²) in [5.41, 5.74) is 1.27. The predicted octanol–water partition coefficient (Wildman–Crippen LogP) is 4.69. The van der Waals surface area contributed by atoms with Crippen LogP contribution in [0.3, 0.4) is 0 Å². The highest BCUT2D eigenvalue weighted by molar-refractivity contribution is 9.10. The van der Waals surface area contributed by atoms with E-state index >= 15 is 0 Å². The lowest BCUT2D eigenvalue weighted by Gasteiger charge is -2.29. The Morgan fingerprint density at radius 1 is 1.32 bits per heavy atom. The molecule has 0 heterocycles. The Morgan fingerprint density at radius 3 is 2.68 bits per heavy atom. The standard InChI is InChI=1S/C16H24BrNO/c1-11-6-4-5-7-16(11)19-13-8-9-14(12(2)18-3)15(17)10-13/h8-12,16,18H,4-7H2,1-3H3. The topological polar surface area (TPSA) is 21.3 Å². The van der Waals surface area contributed by atoms with Crippen molar-refractivity contribution < 1.29 is 4.74 Å². The van der Waals surface area contributed by atoms with E-state index in [1.54, 1.807) is 0 Å². The molecule has 0 amide bonds. The lowest BCUT2D eigenvalue weighted by molar-refractivity contribution is 0.102. The minimum Gasteiger partial charge on any atom is -0.490 e. The molecule has 0 spiro atoms. The third-order valence-electron chi connectivity index (χ3n) is 4.19. The minimum absolute atomic E-state index is 0.344. The summed E-state index contributed by atoms with van der Waals surface area (Å²) in [6.45, 7) is 4.46. The molecule has 0 saturated heterocycles. The van der Waals surface area contributed by atoms with E-state index in [1.807, 2.05) is 7.05 Å². The van der Waals surface area contributed by atoms with Gasteiger partial charge in [-0.05, 0) is 56.8 Å². The van der Waals surface area contributed by atoms with Crippen molar-refractivity contribution in [3.63, 3.8) is 0 Å². The molecule has 1 aromatic rings. The molecule has 1 N–H and O–H groups in total. The Balaban J connectivity index is 2.07. The van der Waals surface area contributed by atoms with E-state index in [2.05, 4.69) is 53.3 Å². The van der Waals surface area contributed by atoms with E-state index in [4.69, 9.17) is 4.74 Å². The maximum Gasteiger partial charge on any atom is 0.120 e. The number of hydrogen-bond acceptors (Lipinski definition) is 2. The average Bonchev–Trinajstić information content (AvgIpc) is 2.41. The molecule has 0 radical (unpaired) electrons. The van der Waals surface area contributed by atoms with Gasteiger partial charge in [0, 0.05) is 10.5 Å². The van der Waals surface area contributed by atoms with Gasteiger partial charge in [-0.1, -0.05) is 35.3 Å². The van der Waals surface area contributed by atoms with Crippen LogP contribution in [0.15, 0.2) is 22.7 Å². The van der Waals surface area contributed by atoms with E-state index in [0.717, 1.165) is 10.2 Å². The fourth-order valence-electron chi connectivity index (χ4n) is 2.72. The maximum atomic E-state index is 6.17. The molecule has 3 unspecified atom stereocenters. The van der Waals surface area contributed by atoms with Gasteiger partial charge in [-0.3, -0.25) is 0 Å². The molecular formula is C16H24BrNO. The van der Waals surface area contributed by atoms with Crippen molar-refractivity contribution in [3.8, 4) is 5.75 Å². The largest absolute Gasteiger partial charge is 0.490 e. The van der Waals surface area contributed by atoms with Gasteiger partial charge < -0.3 is 10.1 Å². The van der Waals surface area contributed by atoms with E-state index < -0.39 is 0 Å². The first-order valence-electron chi connectivity index (χ1n) is 7.25. The van der Waals surface area contributed by atoms with Crippen LogP contribution in [-0.2, 0) is 0 Å². The SMILES string of the molecule is CNC(C)c1ccc(OC2CCCCC2C)cc1Br. The molecule has 3 heteroatoms. The van der Waals surface area contributed by atoms with Crippen LogP contribution in [0.25, 0.3) is 0 Å². The van der Waals surface area contributed by atoms with Crippen LogP contribution in [0, 0.1) is 5.92 Å². The van der Waals surface area contributed by atoms with Crippen molar-refractivity contribution in [2.45, 2.75) is 51.7 Å². The normalized spacial score (nSPS) is 25.1. The Hall–Kier alpha value is -0.540. The summed E-state index contributed by atoms with van der Waals surface area (Å²) in [7, 11) is 1.98. The molecule has 1 saturated carbocycles. The van der Waals surface area contributed by atoms with Crippen LogP contribution in [-0.4, -0.2) is 13.2 Å². The van der Waals surface area contributed by atoms with E-state index in [9.17, 15) is 0 Å². The smallest absolute Gasteiger partial charge is 0.120 e. The molecule has 1 fully saturated rings. The zero-order chi connectivity index (χ0) is 13.8. The first kappa shape index (κ1) is 14.9. The van der Waals surface area contributed by atoms with Gasteiger partial charge in [-0.15, -0.1) is 0 Å². The first-order chi connectivity index (χ1) is 9.11. The van der Waals surface area contributed by atoms with Crippen LogP contribution in [0.4, 0.5) is 0 Å². The Labute approximate surface area is 125 Å². The molecule has 0 bridgehead atoms. The quantitative estimate of drug-likeness (QED) is 0.867. The molecule has 3 atom stereocenters. The Morgan fingerprint density at radius 2 is 2.05 bits per heavy atom. The lowest BCUT2D eigenvalue weighted by Crippen LogP contribution is -2.28. The van der Waals surface area contributed by atoms with Gasteiger partial charge in [0.05, 0.1) is 0 Å². The van der Waals surface area contributed by atoms with Crippen molar-refractivity contribution >= 4 is 15.9 Å². The van der Waals surface area contributed by atoms with Gasteiger partial charge >= 0.3 is 0 Å². The summed E-state index contributed by atoms with van der Waals surface area (Å²) in [5, 5.41) is 3.26. The molecule has 1 aromatic carbocycles. The van der Waals surface area contributed by atoms with Gasteiger partial charge in [0.1, 0.15) is 11.9 Å². The summed E-state index contributed by atoms with van der Waals surface area (Å²) >= 11 is 3.65. The van der Waals surface area contributed by atoms with E-state index in [1.165, 1.54) is 31.2 Å². The second kappa shape index (κ2) is 6.76. The van der Waals surface area contributed by atoms with Gasteiger partial charge in [-0.25, -0.2) is 0 Å². The Kier molecular flexibility index (Phi) is 5.28.